The van der Waals surface area contributed by atoms with Gasteiger partial charge < -0.3 is 10.0 Å². The number of hydrogen-bond acceptors (Lipinski definition) is 3. The Bertz CT molecular complexity index is 628. The van der Waals surface area contributed by atoms with Crippen LogP contribution in [0.2, 0.25) is 0 Å². The van der Waals surface area contributed by atoms with Crippen LogP contribution in [0.4, 0.5) is 0 Å². The second-order valence-electron chi connectivity index (χ2n) is 2.36. The zero-order chi connectivity index (χ0) is 20.2. The molecule has 0 aromatic carbocycles. The predicted octanol–water partition coefficient (Wildman–Crippen LogP) is 0.0589. The Morgan fingerprint density at radius 3 is 2.77 bits per heavy atom. The third-order valence-electron chi connectivity index (χ3n) is 1.22. The molecular formula is C9H14BNO2. The van der Waals surface area contributed by atoms with Gasteiger partial charge in [0.2, 0.25) is 0 Å². The van der Waals surface area contributed by atoms with Gasteiger partial charge in [0.1, 0.15) is 0 Å². The molecule has 0 atom stereocenters. The Balaban J connectivity index is 4.19. The molecule has 3 nitrogen and oxygen atoms in total. The molecule has 0 aliphatic carbocycles. The summed E-state index contributed by atoms with van der Waals surface area (Å²) in [6, 6.07) is -2.20. The van der Waals surface area contributed by atoms with Gasteiger partial charge in [-0.05, 0) is 17.5 Å². The van der Waals surface area contributed by atoms with Gasteiger partial charge in [-0.3, -0.25) is 4.98 Å². The van der Waals surface area contributed by atoms with E-state index in [2.05, 4.69) is 4.98 Å². The van der Waals surface area contributed by atoms with Crippen LogP contribution in [0.1, 0.15) is 42.7 Å². The van der Waals surface area contributed by atoms with Gasteiger partial charge in [0.15, 0.2) is 0 Å². The van der Waals surface area contributed by atoms with Gasteiger partial charge in [-0.25, -0.2) is 0 Å². The standard InChI is InChI=1S/C9H14BNO2/c1-9(2,3)8-6-7(10(12)13)4-5-11-8/h4-6,12-13H,1-3H3/i1D3,2D3,3D3,4D,5D,6D. The molecule has 0 aliphatic rings. The van der Waals surface area contributed by atoms with Crippen LogP contribution >= 0.6 is 0 Å². The molecular weight excluding hydrogens is 165 g/mol. The Morgan fingerprint density at radius 1 is 1.54 bits per heavy atom. The first-order valence-electron chi connectivity index (χ1n) is 9.25. The average molecular weight is 191 g/mol. The van der Waals surface area contributed by atoms with Crippen molar-refractivity contribution in [2.45, 2.75) is 26.0 Å². The van der Waals surface area contributed by atoms with Crippen LogP contribution < -0.4 is 5.46 Å². The van der Waals surface area contributed by atoms with Crippen LogP contribution in [0, 0.1) is 0 Å². The van der Waals surface area contributed by atoms with Crippen molar-refractivity contribution in [2.24, 2.45) is 0 Å². The Morgan fingerprint density at radius 2 is 2.23 bits per heavy atom. The maximum atomic E-state index is 9.29. The maximum Gasteiger partial charge on any atom is 0.488 e. The lowest BCUT2D eigenvalue weighted by atomic mass is 9.78. The SMILES string of the molecule is [2H]c1nc(C(C([2H])([2H])[2H])(C([2H])([2H])[2H])C([2H])([2H])[2H])c([2H])c(B(O)O)c1[2H]. The van der Waals surface area contributed by atoms with Gasteiger partial charge in [-0.2, -0.15) is 0 Å². The molecule has 1 aromatic heterocycles. The molecule has 1 rings (SSSR count). The van der Waals surface area contributed by atoms with E-state index in [1.54, 1.807) is 0 Å². The second kappa shape index (κ2) is 3.48. The summed E-state index contributed by atoms with van der Waals surface area (Å²) in [7, 11) is -2.53. The molecule has 1 aromatic rings. The zero-order valence-electron chi connectivity index (χ0n) is 18.4. The Hall–Kier alpha value is -0.865. The molecule has 0 radical (unpaired) electrons. The monoisotopic (exact) mass is 191 g/mol. The van der Waals surface area contributed by atoms with E-state index in [0.717, 1.165) is 0 Å². The molecule has 0 unspecified atom stereocenters. The van der Waals surface area contributed by atoms with E-state index < -0.39 is 62.5 Å². The summed E-state index contributed by atoms with van der Waals surface area (Å²) in [6.45, 7) is -11.2. The number of aromatic nitrogens is 1. The normalized spacial score (nSPS) is 27.8. The average Bonchev–Trinajstić information content (AvgIpc) is 2.30. The van der Waals surface area contributed by atoms with E-state index in [-0.39, 0.29) is 0 Å². The molecule has 0 saturated carbocycles. The molecule has 4 heteroatoms. The molecule has 0 bridgehead atoms. The second-order valence-corrected chi connectivity index (χ2v) is 2.36. The van der Waals surface area contributed by atoms with Gasteiger partial charge in [-0.15, -0.1) is 0 Å². The predicted molar refractivity (Wildman–Crippen MR) is 52.8 cm³/mol. The first-order chi connectivity index (χ1) is 10.9. The molecule has 2 N–H and O–H groups in total. The molecule has 13 heavy (non-hydrogen) atoms. The van der Waals surface area contributed by atoms with Gasteiger partial charge in [-0.1, -0.05) is 20.6 Å². The summed E-state index contributed by atoms with van der Waals surface area (Å²) in [6.07, 6.45) is -1.09. The molecule has 1 heterocycles. The minimum absolute atomic E-state index is 0.959. The highest BCUT2D eigenvalue weighted by Gasteiger charge is 2.18. The quantitative estimate of drug-likeness (QED) is 0.617. The zero-order valence-corrected chi connectivity index (χ0v) is 6.42. The van der Waals surface area contributed by atoms with Crippen molar-refractivity contribution in [1.82, 2.24) is 4.98 Å². The summed E-state index contributed by atoms with van der Waals surface area (Å²) in [5, 5.41) is 18.6. The maximum absolute atomic E-state index is 9.29. The summed E-state index contributed by atoms with van der Waals surface area (Å²) in [5.41, 5.74) is -6.01. The molecule has 0 aliphatic heterocycles. The lowest BCUT2D eigenvalue weighted by molar-refractivity contribution is 0.425. The van der Waals surface area contributed by atoms with Gasteiger partial charge >= 0.3 is 7.12 Å². The molecule has 0 fully saturated rings. The summed E-state index contributed by atoms with van der Waals surface area (Å²) in [4.78, 5) is 3.28. The van der Waals surface area contributed by atoms with Crippen molar-refractivity contribution >= 4 is 12.6 Å². The van der Waals surface area contributed by atoms with Crippen LogP contribution in [0.5, 0.6) is 0 Å². The van der Waals surface area contributed by atoms with Crippen LogP contribution in [0.15, 0.2) is 18.3 Å². The number of rotatable bonds is 1. The number of hydrogen-bond donors (Lipinski definition) is 2. The number of pyridine rings is 1. The van der Waals surface area contributed by atoms with E-state index in [1.807, 2.05) is 0 Å². The van der Waals surface area contributed by atoms with E-state index in [1.165, 1.54) is 0 Å². The Kier molecular flexibility index (Phi) is 0.691. The number of nitrogens with zero attached hydrogens (tertiary/aromatic N) is 1. The fourth-order valence-electron chi connectivity index (χ4n) is 0.638. The fourth-order valence-corrected chi connectivity index (χ4v) is 0.638. The van der Waals surface area contributed by atoms with Gasteiger partial charge in [0.25, 0.3) is 0 Å². The van der Waals surface area contributed by atoms with Crippen LogP contribution in [-0.4, -0.2) is 22.2 Å². The van der Waals surface area contributed by atoms with Crippen LogP contribution in [-0.2, 0) is 5.41 Å². The van der Waals surface area contributed by atoms with Gasteiger partial charge in [0.05, 0.1) is 4.11 Å². The topological polar surface area (TPSA) is 53.4 Å². The summed E-state index contributed by atoms with van der Waals surface area (Å²) < 4.78 is 90.8. The fraction of sp³-hybridized carbons (Fsp3) is 0.444. The minimum atomic E-state index is -3.72. The highest BCUT2D eigenvalue weighted by atomic mass is 16.4. The Labute approximate surface area is 95.5 Å². The van der Waals surface area contributed by atoms with Crippen molar-refractivity contribution in [3.05, 3.63) is 24.0 Å². The van der Waals surface area contributed by atoms with Crippen molar-refractivity contribution in [2.75, 3.05) is 0 Å². The van der Waals surface area contributed by atoms with Crippen molar-refractivity contribution in [3.63, 3.8) is 0 Å². The summed E-state index contributed by atoms with van der Waals surface area (Å²) in [5.74, 6) is 0. The first kappa shape index (κ1) is 2.58. The highest BCUT2D eigenvalue weighted by molar-refractivity contribution is 6.58. The van der Waals surface area contributed by atoms with E-state index in [4.69, 9.17) is 16.4 Å². The molecule has 0 saturated heterocycles. The van der Waals surface area contributed by atoms with Crippen molar-refractivity contribution in [1.29, 1.82) is 0 Å². The van der Waals surface area contributed by atoms with Crippen molar-refractivity contribution in [3.8, 4) is 0 Å². The lowest BCUT2D eigenvalue weighted by Gasteiger charge is -2.18. The minimum Gasteiger partial charge on any atom is -0.423 e. The first-order valence-corrected chi connectivity index (χ1v) is 3.25. The molecule has 0 amide bonds. The van der Waals surface area contributed by atoms with Crippen molar-refractivity contribution < 1.29 is 26.5 Å². The smallest absolute Gasteiger partial charge is 0.423 e. The molecule has 0 spiro atoms. The van der Waals surface area contributed by atoms with Gasteiger partial charge in [0, 0.05) is 29.6 Å². The van der Waals surface area contributed by atoms with E-state index >= 15 is 0 Å². The lowest BCUT2D eigenvalue weighted by Crippen LogP contribution is -2.31. The van der Waals surface area contributed by atoms with E-state index in [9.17, 15) is 10.0 Å². The van der Waals surface area contributed by atoms with Crippen LogP contribution in [0.25, 0.3) is 0 Å². The third kappa shape index (κ3) is 2.54. The van der Waals surface area contributed by atoms with Crippen LogP contribution in [0.3, 0.4) is 0 Å². The third-order valence-corrected chi connectivity index (χ3v) is 1.22. The summed E-state index contributed by atoms with van der Waals surface area (Å²) >= 11 is 0. The largest absolute Gasteiger partial charge is 0.488 e. The molecule has 70 valence electrons. The van der Waals surface area contributed by atoms with E-state index in [0.29, 0.717) is 0 Å². The highest BCUT2D eigenvalue weighted by Crippen LogP contribution is 2.17.